The number of aliphatic hydroxyl groups is 2. The smallest absolute Gasteiger partial charge is 0.305 e. The van der Waals surface area contributed by atoms with Gasteiger partial charge in [0, 0.05) is 12.8 Å². The minimum atomic E-state index is -0.658. The van der Waals surface area contributed by atoms with Crippen molar-refractivity contribution in [2.24, 2.45) is 0 Å². The molecule has 0 aliphatic carbocycles. The minimum Gasteiger partial charge on any atom is -0.466 e. The molecule has 438 valence electrons. The van der Waals surface area contributed by atoms with E-state index in [0.29, 0.717) is 25.9 Å². The van der Waals surface area contributed by atoms with Gasteiger partial charge in [-0.2, -0.15) is 0 Å². The molecular weight excluding hydrogens is 911 g/mol. The number of esters is 1. The van der Waals surface area contributed by atoms with Crippen LogP contribution in [0.1, 0.15) is 373 Å². The Morgan fingerprint density at radius 3 is 1.00 bits per heavy atom. The predicted molar refractivity (Wildman–Crippen MR) is 324 cm³/mol. The van der Waals surface area contributed by atoms with Gasteiger partial charge in [0.05, 0.1) is 25.4 Å². The molecule has 0 aromatic carbocycles. The van der Waals surface area contributed by atoms with Crippen LogP contribution in [0.2, 0.25) is 0 Å². The van der Waals surface area contributed by atoms with E-state index in [1.807, 2.05) is 0 Å². The highest BCUT2D eigenvalue weighted by atomic mass is 16.5. The lowest BCUT2D eigenvalue weighted by molar-refractivity contribution is -0.143. The molecule has 0 aromatic heterocycles. The maximum atomic E-state index is 12.4. The normalized spacial score (nSPS) is 12.6. The number of carbonyl (C=O) groups excluding carboxylic acids is 2. The predicted octanol–water partition coefficient (Wildman–Crippen LogP) is 21.4. The van der Waals surface area contributed by atoms with Gasteiger partial charge in [0.2, 0.25) is 5.91 Å². The first-order valence-electron chi connectivity index (χ1n) is 33.6. The third-order valence-corrected chi connectivity index (χ3v) is 15.7. The number of allylic oxidation sites excluding steroid dienone is 4. The maximum Gasteiger partial charge on any atom is 0.305 e. The van der Waals surface area contributed by atoms with Crippen molar-refractivity contribution in [2.75, 3.05) is 13.2 Å². The first kappa shape index (κ1) is 72.3. The Morgan fingerprint density at radius 2 is 0.649 bits per heavy atom. The standard InChI is InChI=1S/C68H131NO5/c1-3-5-7-9-11-13-41-46-50-54-58-62-68(73)74-63-59-55-51-47-43-40-38-36-34-32-30-28-26-24-22-20-18-16-14-15-17-19-21-23-25-27-29-31-33-35-37-39-42-45-49-53-57-61-67(72)69-65(64-70)66(71)60-56-52-48-44-12-10-8-6-4-2/h9,11,14,16,65-66,70-71H,3-8,10,12-13,15,17-64H2,1-2H3,(H,69,72)/b11-9-,16-14-. The van der Waals surface area contributed by atoms with E-state index in [4.69, 9.17) is 4.74 Å². The fraction of sp³-hybridized carbons (Fsp3) is 0.912. The van der Waals surface area contributed by atoms with Crippen molar-refractivity contribution in [3.63, 3.8) is 0 Å². The zero-order valence-electron chi connectivity index (χ0n) is 50.1. The zero-order valence-corrected chi connectivity index (χ0v) is 50.1. The molecule has 2 unspecified atom stereocenters. The number of rotatable bonds is 63. The molecule has 0 aromatic rings. The summed E-state index contributed by atoms with van der Waals surface area (Å²) in [6, 6.07) is -0.535. The number of nitrogens with one attached hydrogen (secondary N) is 1. The van der Waals surface area contributed by atoms with Crippen LogP contribution in [-0.4, -0.2) is 47.4 Å². The highest BCUT2D eigenvalue weighted by Gasteiger charge is 2.20. The van der Waals surface area contributed by atoms with E-state index >= 15 is 0 Å². The van der Waals surface area contributed by atoms with Gasteiger partial charge in [-0.05, 0) is 70.6 Å². The van der Waals surface area contributed by atoms with Gasteiger partial charge in [0.25, 0.3) is 0 Å². The van der Waals surface area contributed by atoms with Crippen molar-refractivity contribution in [1.82, 2.24) is 5.32 Å². The summed E-state index contributed by atoms with van der Waals surface area (Å²) in [4.78, 5) is 24.4. The fourth-order valence-corrected chi connectivity index (χ4v) is 10.6. The Bertz CT molecular complexity index is 1150. The van der Waals surface area contributed by atoms with Crippen LogP contribution in [0.25, 0.3) is 0 Å². The number of carbonyl (C=O) groups is 2. The van der Waals surface area contributed by atoms with Gasteiger partial charge in [-0.3, -0.25) is 9.59 Å². The lowest BCUT2D eigenvalue weighted by Gasteiger charge is -2.22. The molecular formula is C68H131NO5. The fourth-order valence-electron chi connectivity index (χ4n) is 10.6. The molecule has 0 bridgehead atoms. The second kappa shape index (κ2) is 63.9. The average molecular weight is 1040 g/mol. The van der Waals surface area contributed by atoms with Gasteiger partial charge in [-0.15, -0.1) is 0 Å². The number of aliphatic hydroxyl groups excluding tert-OH is 2. The quantitative estimate of drug-likeness (QED) is 0.0320. The molecule has 0 aliphatic heterocycles. The molecule has 0 spiro atoms. The molecule has 6 nitrogen and oxygen atoms in total. The van der Waals surface area contributed by atoms with E-state index in [1.54, 1.807) is 0 Å². The van der Waals surface area contributed by atoms with Crippen molar-refractivity contribution in [3.8, 4) is 0 Å². The van der Waals surface area contributed by atoms with Crippen LogP contribution in [0.15, 0.2) is 24.3 Å². The molecule has 0 fully saturated rings. The van der Waals surface area contributed by atoms with Gasteiger partial charge in [-0.1, -0.05) is 314 Å². The Hall–Kier alpha value is -1.66. The van der Waals surface area contributed by atoms with Crippen molar-refractivity contribution < 1.29 is 24.5 Å². The third-order valence-electron chi connectivity index (χ3n) is 15.7. The third kappa shape index (κ3) is 59.6. The SMILES string of the molecule is CCCC/C=C\CCCCCCCC(=O)OCCCCCCCCCCCCCCCCCC/C=C\CCCCCCCCCCCCCCCCCCCC(=O)NC(CO)C(O)CCCCCCCCCCC. The topological polar surface area (TPSA) is 95.9 Å². The van der Waals surface area contributed by atoms with Crippen LogP contribution in [0.5, 0.6) is 0 Å². The van der Waals surface area contributed by atoms with E-state index in [-0.39, 0.29) is 18.5 Å². The van der Waals surface area contributed by atoms with Crippen LogP contribution in [-0.2, 0) is 14.3 Å². The van der Waals surface area contributed by atoms with Gasteiger partial charge in [-0.25, -0.2) is 0 Å². The lowest BCUT2D eigenvalue weighted by Crippen LogP contribution is -2.45. The number of hydrogen-bond acceptors (Lipinski definition) is 5. The average Bonchev–Trinajstić information content (AvgIpc) is 3.40. The van der Waals surface area contributed by atoms with Crippen molar-refractivity contribution in [1.29, 1.82) is 0 Å². The molecule has 2 atom stereocenters. The van der Waals surface area contributed by atoms with Gasteiger partial charge in [0.1, 0.15) is 0 Å². The first-order valence-corrected chi connectivity index (χ1v) is 33.6. The van der Waals surface area contributed by atoms with E-state index < -0.39 is 12.1 Å². The summed E-state index contributed by atoms with van der Waals surface area (Å²) >= 11 is 0. The largest absolute Gasteiger partial charge is 0.466 e. The summed E-state index contributed by atoms with van der Waals surface area (Å²) < 4.78 is 5.47. The van der Waals surface area contributed by atoms with Crippen LogP contribution in [0.3, 0.4) is 0 Å². The first-order chi connectivity index (χ1) is 36.5. The molecule has 0 aliphatic rings. The molecule has 0 saturated heterocycles. The molecule has 0 rings (SSSR count). The summed E-state index contributed by atoms with van der Waals surface area (Å²) in [7, 11) is 0. The summed E-state index contributed by atoms with van der Waals surface area (Å²) in [5, 5.41) is 23.1. The van der Waals surface area contributed by atoms with E-state index in [9.17, 15) is 19.8 Å². The van der Waals surface area contributed by atoms with Gasteiger partial charge < -0.3 is 20.3 Å². The number of unbranched alkanes of at least 4 members (excludes halogenated alkanes) is 48. The molecule has 0 heterocycles. The van der Waals surface area contributed by atoms with Crippen molar-refractivity contribution >= 4 is 11.9 Å². The number of ether oxygens (including phenoxy) is 1. The van der Waals surface area contributed by atoms with Crippen molar-refractivity contribution in [3.05, 3.63) is 24.3 Å². The zero-order chi connectivity index (χ0) is 53.6. The molecule has 0 saturated carbocycles. The highest BCUT2D eigenvalue weighted by molar-refractivity contribution is 5.76. The van der Waals surface area contributed by atoms with Gasteiger partial charge in [0.15, 0.2) is 0 Å². The number of hydrogen-bond donors (Lipinski definition) is 3. The summed E-state index contributed by atoms with van der Waals surface area (Å²) in [6.45, 7) is 4.92. The van der Waals surface area contributed by atoms with Crippen LogP contribution >= 0.6 is 0 Å². The number of amides is 1. The van der Waals surface area contributed by atoms with Crippen molar-refractivity contribution in [2.45, 2.75) is 386 Å². The molecule has 6 heteroatoms. The molecule has 74 heavy (non-hydrogen) atoms. The van der Waals surface area contributed by atoms with E-state index in [0.717, 1.165) is 44.9 Å². The summed E-state index contributed by atoms with van der Waals surface area (Å²) in [5.41, 5.74) is 0. The molecule has 0 radical (unpaired) electrons. The maximum absolute atomic E-state index is 12.4. The highest BCUT2D eigenvalue weighted by Crippen LogP contribution is 2.18. The second-order valence-corrected chi connectivity index (χ2v) is 23.1. The Balaban J connectivity index is 3.30. The Labute approximate surface area is 462 Å². The molecule has 1 amide bonds. The molecule has 3 N–H and O–H groups in total. The second-order valence-electron chi connectivity index (χ2n) is 23.1. The summed E-state index contributed by atoms with van der Waals surface area (Å²) in [6.07, 6.45) is 79.6. The van der Waals surface area contributed by atoms with E-state index in [2.05, 4.69) is 43.5 Å². The van der Waals surface area contributed by atoms with E-state index in [1.165, 1.54) is 295 Å². The van der Waals surface area contributed by atoms with Crippen LogP contribution in [0.4, 0.5) is 0 Å². The minimum absolute atomic E-state index is 0.0105. The lowest BCUT2D eigenvalue weighted by atomic mass is 10.0. The van der Waals surface area contributed by atoms with Gasteiger partial charge >= 0.3 is 5.97 Å². The van der Waals surface area contributed by atoms with Crippen LogP contribution < -0.4 is 5.32 Å². The van der Waals surface area contributed by atoms with Crippen LogP contribution in [0, 0.1) is 0 Å². The summed E-state index contributed by atoms with van der Waals surface area (Å²) in [5.74, 6) is -0.0214. The Morgan fingerprint density at radius 1 is 0.365 bits per heavy atom. The monoisotopic (exact) mass is 1040 g/mol. The Kier molecular flexibility index (Phi) is 62.4.